The van der Waals surface area contributed by atoms with Crippen LogP contribution in [0.2, 0.25) is 0 Å². The van der Waals surface area contributed by atoms with E-state index in [1.54, 1.807) is 27.9 Å². The molecule has 1 aliphatic heterocycles. The van der Waals surface area contributed by atoms with Gasteiger partial charge < -0.3 is 28.8 Å². The lowest BCUT2D eigenvalue weighted by molar-refractivity contribution is -0.143. The highest BCUT2D eigenvalue weighted by molar-refractivity contribution is 6.62. The predicted octanol–water partition coefficient (Wildman–Crippen LogP) is 3.38. The van der Waals surface area contributed by atoms with Crippen molar-refractivity contribution in [2.45, 2.75) is 90.6 Å². The number of carbonyl (C=O) groups excluding carboxylic acids is 2. The Balaban J connectivity index is 2.08. The Morgan fingerprint density at radius 3 is 2.18 bits per heavy atom. The molecule has 0 radical (unpaired) electrons. The number of rotatable bonds is 8. The van der Waals surface area contributed by atoms with Crippen molar-refractivity contribution in [2.75, 3.05) is 14.2 Å². The molecule has 2 rings (SSSR count). The second-order valence-electron chi connectivity index (χ2n) is 10.3. The van der Waals surface area contributed by atoms with E-state index in [0.29, 0.717) is 25.0 Å². The molecule has 0 saturated carbocycles. The summed E-state index contributed by atoms with van der Waals surface area (Å²) in [5.41, 5.74) is 0.346. The number of aryl methyl sites for hydroxylation is 1. The molecule has 1 aliphatic rings. The van der Waals surface area contributed by atoms with Gasteiger partial charge in [-0.3, -0.25) is 0 Å². The maximum absolute atomic E-state index is 12.2. The Kier molecular flexibility index (Phi) is 8.46. The highest BCUT2D eigenvalue weighted by Crippen LogP contribution is 2.36. The van der Waals surface area contributed by atoms with Gasteiger partial charge in [-0.05, 0) is 90.9 Å². The van der Waals surface area contributed by atoms with Crippen molar-refractivity contribution in [2.24, 2.45) is 0 Å². The maximum atomic E-state index is 12.2. The molecule has 33 heavy (non-hydrogen) atoms. The SMILES string of the molecule is COC(=O)[C@H](CCCc1cc(OC)cc(B2OC(C)(C)C(C)(C)O2)c1)NC(=O)OC(C)(C)C. The molecule has 1 amide bonds. The molecule has 0 aromatic heterocycles. The van der Waals surface area contributed by atoms with Crippen LogP contribution < -0.4 is 15.5 Å². The van der Waals surface area contributed by atoms with Crippen molar-refractivity contribution < 1.29 is 33.1 Å². The molecule has 1 atom stereocenters. The Morgan fingerprint density at radius 1 is 1.06 bits per heavy atom. The average Bonchev–Trinajstić information content (AvgIpc) is 2.92. The van der Waals surface area contributed by atoms with Crippen molar-refractivity contribution in [3.8, 4) is 5.75 Å². The Labute approximate surface area is 197 Å². The molecule has 1 N–H and O–H groups in total. The molecule has 0 bridgehead atoms. The number of ether oxygens (including phenoxy) is 3. The molecule has 1 aromatic rings. The van der Waals surface area contributed by atoms with Crippen LogP contribution in [0.3, 0.4) is 0 Å². The van der Waals surface area contributed by atoms with Gasteiger partial charge in [-0.1, -0.05) is 6.07 Å². The summed E-state index contributed by atoms with van der Waals surface area (Å²) in [5.74, 6) is 0.193. The first kappa shape index (κ1) is 27.0. The molecule has 184 valence electrons. The predicted molar refractivity (Wildman–Crippen MR) is 127 cm³/mol. The van der Waals surface area contributed by atoms with Crippen LogP contribution in [0, 0.1) is 0 Å². The molecule has 1 heterocycles. The molecule has 0 spiro atoms. The first-order chi connectivity index (χ1) is 15.2. The zero-order valence-corrected chi connectivity index (χ0v) is 21.4. The van der Waals surface area contributed by atoms with Gasteiger partial charge in [-0.25, -0.2) is 9.59 Å². The molecular formula is C24H38BNO7. The Bertz CT molecular complexity index is 832. The lowest BCUT2D eigenvalue weighted by atomic mass is 9.78. The number of hydrogen-bond donors (Lipinski definition) is 1. The van der Waals surface area contributed by atoms with Crippen LogP contribution in [0.15, 0.2) is 18.2 Å². The lowest BCUT2D eigenvalue weighted by Gasteiger charge is -2.32. The normalized spacial score (nSPS) is 17.9. The maximum Gasteiger partial charge on any atom is 0.494 e. The summed E-state index contributed by atoms with van der Waals surface area (Å²) in [6.45, 7) is 13.3. The van der Waals surface area contributed by atoms with Crippen molar-refractivity contribution in [1.82, 2.24) is 5.32 Å². The van der Waals surface area contributed by atoms with E-state index in [4.69, 9.17) is 23.5 Å². The van der Waals surface area contributed by atoms with Crippen LogP contribution in [0.1, 0.15) is 66.9 Å². The summed E-state index contributed by atoms with van der Waals surface area (Å²) in [6, 6.07) is 5.09. The molecule has 9 heteroatoms. The van der Waals surface area contributed by atoms with Crippen molar-refractivity contribution in [1.29, 1.82) is 0 Å². The first-order valence-corrected chi connectivity index (χ1v) is 11.3. The summed E-state index contributed by atoms with van der Waals surface area (Å²) in [4.78, 5) is 24.3. The van der Waals surface area contributed by atoms with Gasteiger partial charge in [0.25, 0.3) is 0 Å². The molecule has 1 saturated heterocycles. The third-order valence-corrected chi connectivity index (χ3v) is 5.88. The van der Waals surface area contributed by atoms with Gasteiger partial charge in [0.1, 0.15) is 17.4 Å². The summed E-state index contributed by atoms with van der Waals surface area (Å²) in [5, 5.41) is 2.61. The molecule has 8 nitrogen and oxygen atoms in total. The van der Waals surface area contributed by atoms with Gasteiger partial charge >= 0.3 is 19.2 Å². The number of nitrogens with one attached hydrogen (secondary N) is 1. The summed E-state index contributed by atoms with van der Waals surface area (Å²) in [6.07, 6.45) is 1.04. The van der Waals surface area contributed by atoms with E-state index in [1.165, 1.54) is 7.11 Å². The minimum absolute atomic E-state index is 0.398. The molecule has 0 unspecified atom stereocenters. The summed E-state index contributed by atoms with van der Waals surface area (Å²) >= 11 is 0. The fraction of sp³-hybridized carbons (Fsp3) is 0.667. The highest BCUT2D eigenvalue weighted by Gasteiger charge is 2.51. The van der Waals surface area contributed by atoms with Crippen molar-refractivity contribution >= 4 is 24.6 Å². The van der Waals surface area contributed by atoms with E-state index in [2.05, 4.69) is 5.32 Å². The smallest absolute Gasteiger partial charge is 0.494 e. The Hall–Kier alpha value is -2.26. The van der Waals surface area contributed by atoms with Gasteiger partial charge in [-0.15, -0.1) is 0 Å². The van der Waals surface area contributed by atoms with E-state index < -0.39 is 42.0 Å². The van der Waals surface area contributed by atoms with Crippen molar-refractivity contribution in [3.63, 3.8) is 0 Å². The fourth-order valence-corrected chi connectivity index (χ4v) is 3.41. The van der Waals surface area contributed by atoms with E-state index in [1.807, 2.05) is 45.9 Å². The number of benzene rings is 1. The summed E-state index contributed by atoms with van der Waals surface area (Å²) in [7, 11) is 2.41. The van der Waals surface area contributed by atoms with E-state index >= 15 is 0 Å². The highest BCUT2D eigenvalue weighted by atomic mass is 16.7. The minimum atomic E-state index is -0.793. The molecular weight excluding hydrogens is 425 g/mol. The van der Waals surface area contributed by atoms with Crippen LogP contribution in [0.25, 0.3) is 0 Å². The van der Waals surface area contributed by atoms with Crippen LogP contribution in [-0.4, -0.2) is 56.2 Å². The second-order valence-corrected chi connectivity index (χ2v) is 10.3. The van der Waals surface area contributed by atoms with Gasteiger partial charge in [0.05, 0.1) is 25.4 Å². The number of esters is 1. The van der Waals surface area contributed by atoms with Gasteiger partial charge in [0.15, 0.2) is 0 Å². The number of methoxy groups -OCH3 is 2. The molecule has 0 aliphatic carbocycles. The Morgan fingerprint density at radius 2 is 1.67 bits per heavy atom. The standard InChI is InChI=1S/C24H38BNO7/c1-22(2,3)31-21(28)26-19(20(27)30-9)12-10-11-16-13-17(15-18(14-16)29-8)25-32-23(4,5)24(6,7)33-25/h13-15,19H,10-12H2,1-9H3,(H,26,28)/t19-/m0/s1. The van der Waals surface area contributed by atoms with Crippen LogP contribution in [-0.2, 0) is 30.0 Å². The van der Waals surface area contributed by atoms with E-state index in [0.717, 1.165) is 11.0 Å². The van der Waals surface area contributed by atoms with E-state index in [-0.39, 0.29) is 0 Å². The van der Waals surface area contributed by atoms with Crippen molar-refractivity contribution in [3.05, 3.63) is 23.8 Å². The monoisotopic (exact) mass is 463 g/mol. The number of hydrogen-bond acceptors (Lipinski definition) is 7. The minimum Gasteiger partial charge on any atom is -0.497 e. The number of carbonyl (C=O) groups is 2. The number of amides is 1. The zero-order chi connectivity index (χ0) is 25.0. The summed E-state index contributed by atoms with van der Waals surface area (Å²) < 4.78 is 27.9. The second kappa shape index (κ2) is 10.3. The average molecular weight is 463 g/mol. The third kappa shape index (κ3) is 7.37. The molecule has 1 fully saturated rings. The largest absolute Gasteiger partial charge is 0.497 e. The quantitative estimate of drug-likeness (QED) is 0.467. The van der Waals surface area contributed by atoms with Gasteiger partial charge in [0, 0.05) is 0 Å². The molecule has 1 aromatic carbocycles. The topological polar surface area (TPSA) is 92.3 Å². The van der Waals surface area contributed by atoms with Gasteiger partial charge in [0.2, 0.25) is 0 Å². The lowest BCUT2D eigenvalue weighted by Crippen LogP contribution is -2.44. The van der Waals surface area contributed by atoms with E-state index in [9.17, 15) is 9.59 Å². The zero-order valence-electron chi connectivity index (χ0n) is 21.4. The first-order valence-electron chi connectivity index (χ1n) is 11.3. The third-order valence-electron chi connectivity index (χ3n) is 5.88. The van der Waals surface area contributed by atoms with Gasteiger partial charge in [-0.2, -0.15) is 0 Å². The van der Waals surface area contributed by atoms with Crippen LogP contribution in [0.5, 0.6) is 5.75 Å². The van der Waals surface area contributed by atoms with Crippen LogP contribution >= 0.6 is 0 Å². The van der Waals surface area contributed by atoms with Crippen LogP contribution in [0.4, 0.5) is 4.79 Å². The number of alkyl carbamates (subject to hydrolysis) is 1. The fourth-order valence-electron chi connectivity index (χ4n) is 3.41.